The average molecular weight is 208 g/mol. The van der Waals surface area contributed by atoms with Crippen molar-refractivity contribution in [2.24, 2.45) is 0 Å². The zero-order chi connectivity index (χ0) is 10.3. The lowest BCUT2D eigenvalue weighted by Crippen LogP contribution is -2.29. The molecule has 3 heteroatoms. The normalized spacial score (nSPS) is 14.5. The second kappa shape index (κ2) is 6.63. The molecule has 2 nitrogen and oxygen atoms in total. The molecule has 1 unspecified atom stereocenters. The van der Waals surface area contributed by atoms with Crippen LogP contribution in [0.2, 0.25) is 0 Å². The fourth-order valence-electron chi connectivity index (χ4n) is 0.832. The predicted octanol–water partition coefficient (Wildman–Crippen LogP) is 2.41. The zero-order valence-corrected chi connectivity index (χ0v) is 9.95. The third-order valence-corrected chi connectivity index (χ3v) is 2.09. The van der Waals surface area contributed by atoms with E-state index in [2.05, 4.69) is 33.0 Å². The SMILES string of the molecule is CCC(Cl)CNCCOC(C)(C)C. The number of rotatable bonds is 6. The highest BCUT2D eigenvalue weighted by Gasteiger charge is 2.08. The Hall–Kier alpha value is 0.210. The topological polar surface area (TPSA) is 21.3 Å². The largest absolute Gasteiger partial charge is 0.375 e. The Morgan fingerprint density at radius 2 is 2.00 bits per heavy atom. The van der Waals surface area contributed by atoms with Crippen LogP contribution in [0.25, 0.3) is 0 Å². The Balaban J connectivity index is 3.18. The van der Waals surface area contributed by atoms with Crippen molar-refractivity contribution in [1.82, 2.24) is 5.32 Å². The van der Waals surface area contributed by atoms with Gasteiger partial charge in [0.05, 0.1) is 12.2 Å². The summed E-state index contributed by atoms with van der Waals surface area (Å²) in [7, 11) is 0. The first-order chi connectivity index (χ1) is 5.95. The van der Waals surface area contributed by atoms with Gasteiger partial charge in [-0.05, 0) is 27.2 Å². The molecule has 0 aromatic rings. The number of hydrogen-bond donors (Lipinski definition) is 1. The summed E-state index contributed by atoms with van der Waals surface area (Å²) in [6.07, 6.45) is 1.01. The van der Waals surface area contributed by atoms with E-state index in [0.717, 1.165) is 26.1 Å². The van der Waals surface area contributed by atoms with Crippen molar-refractivity contribution in [3.05, 3.63) is 0 Å². The molecule has 0 bridgehead atoms. The Morgan fingerprint density at radius 3 is 2.46 bits per heavy atom. The van der Waals surface area contributed by atoms with Crippen LogP contribution >= 0.6 is 11.6 Å². The van der Waals surface area contributed by atoms with Gasteiger partial charge >= 0.3 is 0 Å². The molecule has 0 rings (SSSR count). The maximum atomic E-state index is 5.93. The van der Waals surface area contributed by atoms with E-state index in [4.69, 9.17) is 16.3 Å². The van der Waals surface area contributed by atoms with E-state index in [-0.39, 0.29) is 11.0 Å². The van der Waals surface area contributed by atoms with Crippen molar-refractivity contribution in [2.45, 2.75) is 45.1 Å². The smallest absolute Gasteiger partial charge is 0.0599 e. The van der Waals surface area contributed by atoms with Crippen molar-refractivity contribution in [3.63, 3.8) is 0 Å². The summed E-state index contributed by atoms with van der Waals surface area (Å²) in [6, 6.07) is 0. The Labute approximate surface area is 87.0 Å². The van der Waals surface area contributed by atoms with Gasteiger partial charge in [-0.25, -0.2) is 0 Å². The summed E-state index contributed by atoms with van der Waals surface area (Å²) >= 11 is 5.93. The van der Waals surface area contributed by atoms with Crippen LogP contribution in [0.5, 0.6) is 0 Å². The second-order valence-electron chi connectivity index (χ2n) is 4.17. The second-order valence-corrected chi connectivity index (χ2v) is 4.79. The maximum absolute atomic E-state index is 5.93. The van der Waals surface area contributed by atoms with Crippen molar-refractivity contribution in [3.8, 4) is 0 Å². The molecule has 1 atom stereocenters. The minimum atomic E-state index is -0.0349. The molecule has 0 saturated heterocycles. The van der Waals surface area contributed by atoms with Gasteiger partial charge in [-0.15, -0.1) is 11.6 Å². The van der Waals surface area contributed by atoms with E-state index in [1.165, 1.54) is 0 Å². The van der Waals surface area contributed by atoms with Gasteiger partial charge in [0.15, 0.2) is 0 Å². The van der Waals surface area contributed by atoms with E-state index in [0.29, 0.717) is 0 Å². The van der Waals surface area contributed by atoms with Crippen molar-refractivity contribution in [1.29, 1.82) is 0 Å². The van der Waals surface area contributed by atoms with Crippen molar-refractivity contribution < 1.29 is 4.74 Å². The van der Waals surface area contributed by atoms with E-state index in [9.17, 15) is 0 Å². The molecule has 0 aliphatic heterocycles. The number of ether oxygens (including phenoxy) is 1. The van der Waals surface area contributed by atoms with Gasteiger partial charge in [0, 0.05) is 18.5 Å². The lowest BCUT2D eigenvalue weighted by Gasteiger charge is -2.19. The first kappa shape index (κ1) is 13.2. The molecule has 0 saturated carbocycles. The minimum Gasteiger partial charge on any atom is -0.375 e. The number of alkyl halides is 1. The highest BCUT2D eigenvalue weighted by molar-refractivity contribution is 6.20. The van der Waals surface area contributed by atoms with Gasteiger partial charge in [0.1, 0.15) is 0 Å². The van der Waals surface area contributed by atoms with Crippen LogP contribution < -0.4 is 5.32 Å². The minimum absolute atomic E-state index is 0.0349. The summed E-state index contributed by atoms with van der Waals surface area (Å²) in [6.45, 7) is 10.8. The fourth-order valence-corrected chi connectivity index (χ4v) is 0.942. The molecular formula is C10H22ClNO. The molecule has 1 N–H and O–H groups in total. The summed E-state index contributed by atoms with van der Waals surface area (Å²) in [4.78, 5) is 0. The predicted molar refractivity (Wildman–Crippen MR) is 58.5 cm³/mol. The van der Waals surface area contributed by atoms with Crippen LogP contribution in [0.15, 0.2) is 0 Å². The number of nitrogens with one attached hydrogen (secondary N) is 1. The lowest BCUT2D eigenvalue weighted by molar-refractivity contribution is -0.000728. The van der Waals surface area contributed by atoms with Gasteiger partial charge in [-0.1, -0.05) is 6.92 Å². The quantitative estimate of drug-likeness (QED) is 0.534. The molecule has 0 fully saturated rings. The molecule has 0 aliphatic carbocycles. The molecule has 0 aromatic carbocycles. The molecular weight excluding hydrogens is 186 g/mol. The highest BCUT2D eigenvalue weighted by atomic mass is 35.5. The van der Waals surface area contributed by atoms with E-state index in [1.807, 2.05) is 0 Å². The van der Waals surface area contributed by atoms with Gasteiger partial charge in [0.2, 0.25) is 0 Å². The first-order valence-electron chi connectivity index (χ1n) is 4.94. The van der Waals surface area contributed by atoms with Gasteiger partial charge in [-0.2, -0.15) is 0 Å². The molecule has 0 aliphatic rings. The van der Waals surface area contributed by atoms with E-state index in [1.54, 1.807) is 0 Å². The lowest BCUT2D eigenvalue weighted by atomic mass is 10.2. The van der Waals surface area contributed by atoms with Crippen LogP contribution in [0.1, 0.15) is 34.1 Å². The van der Waals surface area contributed by atoms with Crippen LogP contribution in [-0.2, 0) is 4.74 Å². The third kappa shape index (κ3) is 10.1. The molecule has 0 radical (unpaired) electrons. The Kier molecular flexibility index (Phi) is 6.74. The standard InChI is InChI=1S/C10H22ClNO/c1-5-9(11)8-12-6-7-13-10(2,3)4/h9,12H,5-8H2,1-4H3. The zero-order valence-electron chi connectivity index (χ0n) is 9.19. The van der Waals surface area contributed by atoms with E-state index < -0.39 is 0 Å². The van der Waals surface area contributed by atoms with Crippen LogP contribution in [0.4, 0.5) is 0 Å². The molecule has 80 valence electrons. The van der Waals surface area contributed by atoms with Gasteiger partial charge < -0.3 is 10.1 Å². The molecule has 13 heavy (non-hydrogen) atoms. The summed E-state index contributed by atoms with van der Waals surface area (Å²) in [5, 5.41) is 3.50. The van der Waals surface area contributed by atoms with E-state index >= 15 is 0 Å². The molecule has 0 heterocycles. The summed E-state index contributed by atoms with van der Waals surface area (Å²) in [5.74, 6) is 0. The summed E-state index contributed by atoms with van der Waals surface area (Å²) in [5.41, 5.74) is -0.0349. The Morgan fingerprint density at radius 1 is 1.38 bits per heavy atom. The van der Waals surface area contributed by atoms with Crippen LogP contribution in [0, 0.1) is 0 Å². The van der Waals surface area contributed by atoms with Gasteiger partial charge in [-0.3, -0.25) is 0 Å². The molecule has 0 amide bonds. The van der Waals surface area contributed by atoms with Crippen LogP contribution in [-0.4, -0.2) is 30.7 Å². The van der Waals surface area contributed by atoms with Crippen LogP contribution in [0.3, 0.4) is 0 Å². The highest BCUT2D eigenvalue weighted by Crippen LogP contribution is 2.05. The summed E-state index contributed by atoms with van der Waals surface area (Å²) < 4.78 is 5.54. The van der Waals surface area contributed by atoms with Crippen molar-refractivity contribution in [2.75, 3.05) is 19.7 Å². The molecule has 0 aromatic heterocycles. The average Bonchev–Trinajstić information content (AvgIpc) is 2.01. The fraction of sp³-hybridized carbons (Fsp3) is 1.00. The van der Waals surface area contributed by atoms with Gasteiger partial charge in [0.25, 0.3) is 0 Å². The Bertz CT molecular complexity index is 123. The first-order valence-corrected chi connectivity index (χ1v) is 5.38. The maximum Gasteiger partial charge on any atom is 0.0599 e. The number of halogens is 1. The number of hydrogen-bond acceptors (Lipinski definition) is 2. The monoisotopic (exact) mass is 207 g/mol. The molecule has 0 spiro atoms. The van der Waals surface area contributed by atoms with Crippen molar-refractivity contribution >= 4 is 11.6 Å². The third-order valence-electron chi connectivity index (χ3n) is 1.62.